The number of aliphatic carboxylic acids is 2. The molecule has 0 spiro atoms. The number of thioether (sulfide) groups is 2. The Morgan fingerprint density at radius 2 is 1.77 bits per heavy atom. The van der Waals surface area contributed by atoms with Gasteiger partial charge in [0.15, 0.2) is 18.0 Å². The predicted octanol–water partition coefficient (Wildman–Crippen LogP) is -1.94. The quantitative estimate of drug-likeness (QED) is 0.0197. The Balaban J connectivity index is 1.38. The Hall–Kier alpha value is -6.03. The molecule has 5 rings (SSSR count). The summed E-state index contributed by atoms with van der Waals surface area (Å²) in [6, 6.07) is 3.52. The first-order chi connectivity index (χ1) is 25.2. The molecule has 2 saturated heterocycles. The van der Waals surface area contributed by atoms with Crippen LogP contribution in [0.5, 0.6) is 11.5 Å². The largest absolute Gasteiger partial charge is 0.504 e. The first kappa shape index (κ1) is 38.2. The normalized spacial score (nSPS) is 20.2. The van der Waals surface area contributed by atoms with Crippen molar-refractivity contribution in [1.82, 2.24) is 30.7 Å². The Bertz CT molecular complexity index is 1910. The van der Waals surface area contributed by atoms with Crippen LogP contribution in [0.3, 0.4) is 0 Å². The van der Waals surface area contributed by atoms with Crippen molar-refractivity contribution in [1.29, 1.82) is 0 Å². The van der Waals surface area contributed by atoms with Gasteiger partial charge in [0, 0.05) is 48.2 Å². The number of pyridine rings is 1. The van der Waals surface area contributed by atoms with Gasteiger partial charge in [0.25, 0.3) is 5.91 Å². The summed E-state index contributed by atoms with van der Waals surface area (Å²) in [7, 11) is 0. The van der Waals surface area contributed by atoms with Gasteiger partial charge in [-0.1, -0.05) is 10.7 Å². The zero-order valence-corrected chi connectivity index (χ0v) is 29.3. The number of piperazine rings is 1. The fourth-order valence-corrected chi connectivity index (χ4v) is 8.16. The highest BCUT2D eigenvalue weighted by atomic mass is 32.2. The number of aromatic hydroxyl groups is 2. The Labute approximate surface area is 308 Å². The molecule has 22 heteroatoms. The minimum Gasteiger partial charge on any atom is -0.504 e. The van der Waals surface area contributed by atoms with Crippen molar-refractivity contribution < 1.29 is 63.5 Å². The summed E-state index contributed by atoms with van der Waals surface area (Å²) in [5, 5.41) is 44.9. The molecule has 3 aliphatic rings. The van der Waals surface area contributed by atoms with Crippen LogP contribution >= 0.6 is 23.5 Å². The third-order valence-corrected chi connectivity index (χ3v) is 10.9. The summed E-state index contributed by atoms with van der Waals surface area (Å²) in [4.78, 5) is 105. The van der Waals surface area contributed by atoms with Crippen LogP contribution < -0.4 is 26.1 Å². The lowest BCUT2D eigenvalue weighted by Gasteiger charge is -2.56. The number of benzene rings is 1. The smallest absolute Gasteiger partial charge is 0.352 e. The Morgan fingerprint density at radius 1 is 1.06 bits per heavy atom. The molecule has 0 aliphatic carbocycles. The number of aromatic nitrogens is 1. The highest BCUT2D eigenvalue weighted by Crippen LogP contribution is 2.46. The molecule has 3 aliphatic heterocycles. The van der Waals surface area contributed by atoms with Crippen LogP contribution in [0.4, 0.5) is 4.79 Å². The molecule has 0 saturated carbocycles. The molecule has 3 atom stereocenters. The number of carbonyl (C=O) groups is 8. The Kier molecular flexibility index (Phi) is 11.3. The summed E-state index contributed by atoms with van der Waals surface area (Å²) in [6.45, 7) is 1.37. The lowest BCUT2D eigenvalue weighted by molar-refractivity contribution is -0.649. The minimum atomic E-state index is -2.21. The highest BCUT2D eigenvalue weighted by molar-refractivity contribution is 8.01. The van der Waals surface area contributed by atoms with Crippen molar-refractivity contribution in [3.8, 4) is 11.5 Å². The maximum Gasteiger partial charge on any atom is 0.352 e. The van der Waals surface area contributed by atoms with Crippen molar-refractivity contribution >= 4 is 71.5 Å². The standard InChI is InChI=1S/C31H32N8O12S2/c1-2-36-9-10-38(26(47)25(36)46)30(51)34-22(16-3-4-19(41)20(42)11-16)24(45)35-31(32-15-40)28(50)39-23(27(48)49)17(14-53-29(31)39)13-52-18-5-7-37(8-6-18)33-12-21(43)44/h3-8,11,15,22,29,33H,2,9-10,12-14H2,1H3,(H6-,32,34,35,40,41,42,43,44,45,46,47,48,49,51)/p+1/t22-,29-,31-/m1/s1. The van der Waals surface area contributed by atoms with E-state index in [-0.39, 0.29) is 55.4 Å². The Morgan fingerprint density at radius 3 is 2.40 bits per heavy atom. The number of rotatable bonds is 14. The lowest BCUT2D eigenvalue weighted by Crippen LogP contribution is -2.85. The SMILES string of the molecule is CCN1CCN(C(=O)N[C@@H](C(=O)N[C@]2(NC=O)C(=O)N3C(C(=O)O)=C(CSc4cc[n+](NCC(=O)O)cc4)CS[C@@H]32)c2ccc(O)c(O)c2)C(=O)C1=O. The molecule has 4 heterocycles. The zero-order chi connectivity index (χ0) is 38.6. The molecule has 1 aromatic carbocycles. The maximum absolute atomic E-state index is 14.0. The van der Waals surface area contributed by atoms with Crippen molar-refractivity contribution in [2.24, 2.45) is 0 Å². The molecular weight excluding hydrogens is 741 g/mol. The van der Waals surface area contributed by atoms with Gasteiger partial charge in [-0.15, -0.1) is 23.5 Å². The number of phenolic OH excluding ortho intramolecular Hbond substituents is 2. The van der Waals surface area contributed by atoms with Crippen LogP contribution in [0.1, 0.15) is 18.5 Å². The molecule has 0 radical (unpaired) electrons. The maximum atomic E-state index is 14.0. The predicted molar refractivity (Wildman–Crippen MR) is 182 cm³/mol. The lowest BCUT2D eigenvalue weighted by atomic mass is 9.94. The number of carbonyl (C=O) groups excluding carboxylic acids is 6. The van der Waals surface area contributed by atoms with Gasteiger partial charge in [0.1, 0.15) is 17.1 Å². The fraction of sp³-hybridized carbons (Fsp3) is 0.323. The van der Waals surface area contributed by atoms with Gasteiger partial charge in [-0.3, -0.25) is 38.6 Å². The molecule has 2 fully saturated rings. The van der Waals surface area contributed by atoms with Crippen LogP contribution in [0.2, 0.25) is 0 Å². The van der Waals surface area contributed by atoms with Crippen molar-refractivity contribution in [2.45, 2.75) is 28.9 Å². The second-order valence-corrected chi connectivity index (χ2v) is 13.7. The van der Waals surface area contributed by atoms with Crippen LogP contribution in [0, 0.1) is 0 Å². The molecule has 8 N–H and O–H groups in total. The molecule has 280 valence electrons. The summed E-state index contributed by atoms with van der Waals surface area (Å²) < 4.78 is 1.43. The number of urea groups is 1. The van der Waals surface area contributed by atoms with E-state index in [0.717, 1.165) is 28.8 Å². The van der Waals surface area contributed by atoms with E-state index in [1.807, 2.05) is 0 Å². The number of hydrogen-bond acceptors (Lipinski definition) is 13. The molecular formula is C31H33N8O12S2+. The number of amides is 7. The summed E-state index contributed by atoms with van der Waals surface area (Å²) in [5.74, 6) is -7.82. The van der Waals surface area contributed by atoms with E-state index < -0.39 is 70.2 Å². The molecule has 7 amide bonds. The van der Waals surface area contributed by atoms with Gasteiger partial charge < -0.3 is 41.3 Å². The van der Waals surface area contributed by atoms with Gasteiger partial charge in [-0.2, -0.15) is 5.43 Å². The van der Waals surface area contributed by atoms with Crippen LogP contribution in [-0.4, -0.2) is 132 Å². The number of fused-ring (bicyclic) bond motifs is 1. The zero-order valence-electron chi connectivity index (χ0n) is 27.7. The number of likely N-dealkylation sites (N-methyl/N-ethyl adjacent to an activating group) is 1. The van der Waals surface area contributed by atoms with Gasteiger partial charge in [0.2, 0.25) is 30.4 Å². The number of nitrogens with zero attached hydrogens (tertiary/aromatic N) is 4. The van der Waals surface area contributed by atoms with E-state index in [9.17, 15) is 53.7 Å². The average Bonchev–Trinajstić information content (AvgIpc) is 3.13. The topological polar surface area (TPSA) is 279 Å². The summed E-state index contributed by atoms with van der Waals surface area (Å²) in [5.41, 5.74) is 0.303. The number of hydrogen-bond donors (Lipinski definition) is 8. The number of β-lactam (4-membered cyclic amide) rings is 1. The van der Waals surface area contributed by atoms with Crippen molar-refractivity contribution in [3.63, 3.8) is 0 Å². The van der Waals surface area contributed by atoms with Crippen LogP contribution in [0.15, 0.2) is 58.9 Å². The second kappa shape index (κ2) is 15.7. The van der Waals surface area contributed by atoms with Crippen molar-refractivity contribution in [3.05, 3.63) is 59.6 Å². The van der Waals surface area contributed by atoms with E-state index >= 15 is 0 Å². The second-order valence-electron chi connectivity index (χ2n) is 11.6. The van der Waals surface area contributed by atoms with Gasteiger partial charge in [-0.25, -0.2) is 9.59 Å². The number of carboxylic acid groups (broad SMARTS) is 2. The van der Waals surface area contributed by atoms with Crippen molar-refractivity contribution in [2.75, 3.05) is 43.1 Å². The number of phenols is 2. The van der Waals surface area contributed by atoms with Crippen LogP contribution in [0.25, 0.3) is 0 Å². The van der Waals surface area contributed by atoms with Gasteiger partial charge in [-0.05, 0) is 30.2 Å². The first-order valence-corrected chi connectivity index (χ1v) is 17.7. The summed E-state index contributed by atoms with van der Waals surface area (Å²) in [6.07, 6.45) is 3.28. The molecule has 53 heavy (non-hydrogen) atoms. The van der Waals surface area contributed by atoms with Gasteiger partial charge in [0.05, 0.1) is 0 Å². The molecule has 20 nitrogen and oxygen atoms in total. The van der Waals surface area contributed by atoms with Gasteiger partial charge >= 0.3 is 29.8 Å². The average molecular weight is 774 g/mol. The van der Waals surface area contributed by atoms with E-state index in [2.05, 4.69) is 21.4 Å². The minimum absolute atomic E-state index is 0.0261. The van der Waals surface area contributed by atoms with E-state index in [4.69, 9.17) is 5.11 Å². The molecule has 2 aromatic rings. The monoisotopic (exact) mass is 773 g/mol. The fourth-order valence-electron chi connectivity index (χ4n) is 5.71. The van der Waals surface area contributed by atoms with E-state index in [1.54, 1.807) is 31.5 Å². The van der Waals surface area contributed by atoms with E-state index in [0.29, 0.717) is 15.4 Å². The third-order valence-electron chi connectivity index (χ3n) is 8.39. The third kappa shape index (κ3) is 7.62. The molecule has 0 bridgehead atoms. The molecule has 1 aromatic heterocycles. The number of carboxylic acids is 2. The molecule has 0 unspecified atom stereocenters. The number of imide groups is 1. The first-order valence-electron chi connectivity index (χ1n) is 15.7. The van der Waals surface area contributed by atoms with E-state index in [1.165, 1.54) is 27.4 Å². The number of nitrogens with one attached hydrogen (secondary N) is 4. The highest BCUT2D eigenvalue weighted by Gasteiger charge is 2.66. The summed E-state index contributed by atoms with van der Waals surface area (Å²) >= 11 is 2.29. The van der Waals surface area contributed by atoms with Crippen LogP contribution in [-0.2, 0) is 33.6 Å².